The maximum Gasteiger partial charge on any atom is 0.252 e. The first kappa shape index (κ1) is 25.6. The fourth-order valence-electron chi connectivity index (χ4n) is 5.08. The third kappa shape index (κ3) is 4.68. The highest BCUT2D eigenvalue weighted by atomic mass is 19.1. The molecule has 9 heteroatoms. The number of piperazine rings is 1. The molecule has 1 aromatic carbocycles. The van der Waals surface area contributed by atoms with Crippen LogP contribution in [0.3, 0.4) is 0 Å². The number of fused-ring (bicyclic) bond motifs is 1. The average molecular weight is 515 g/mol. The van der Waals surface area contributed by atoms with Gasteiger partial charge in [-0.1, -0.05) is 32.9 Å². The number of nitriles is 1. The van der Waals surface area contributed by atoms with Crippen LogP contribution < -0.4 is 10.5 Å². The number of hydrogen-bond donors (Lipinski definition) is 0. The van der Waals surface area contributed by atoms with Crippen LogP contribution in [0.4, 0.5) is 10.1 Å². The van der Waals surface area contributed by atoms with Crippen LogP contribution in [0.1, 0.15) is 56.6 Å². The highest BCUT2D eigenvalue weighted by molar-refractivity contribution is 5.89. The first-order valence-corrected chi connectivity index (χ1v) is 12.7. The van der Waals surface area contributed by atoms with Gasteiger partial charge in [-0.2, -0.15) is 5.26 Å². The highest BCUT2D eigenvalue weighted by Crippen LogP contribution is 2.34. The number of anilines is 1. The van der Waals surface area contributed by atoms with Gasteiger partial charge in [-0.15, -0.1) is 0 Å². The molecule has 8 nitrogen and oxygen atoms in total. The second-order valence-electron chi connectivity index (χ2n) is 10.9. The molecule has 3 aromatic heterocycles. The summed E-state index contributed by atoms with van der Waals surface area (Å²) < 4.78 is 21.3. The van der Waals surface area contributed by atoms with Gasteiger partial charge in [-0.25, -0.2) is 14.4 Å². The number of oxazole rings is 1. The fourth-order valence-corrected chi connectivity index (χ4v) is 5.08. The van der Waals surface area contributed by atoms with E-state index in [1.165, 1.54) is 12.1 Å². The molecule has 0 bridgehead atoms. The van der Waals surface area contributed by atoms with Crippen LogP contribution in [-0.2, 0) is 12.5 Å². The summed E-state index contributed by atoms with van der Waals surface area (Å²) in [4.78, 5) is 26.6. The molecule has 0 aliphatic carbocycles. The lowest BCUT2D eigenvalue weighted by molar-refractivity contribution is 0.167. The van der Waals surface area contributed by atoms with Crippen LogP contribution in [0.15, 0.2) is 57.9 Å². The van der Waals surface area contributed by atoms with E-state index in [9.17, 15) is 14.4 Å². The van der Waals surface area contributed by atoms with Crippen molar-refractivity contribution in [2.75, 3.05) is 24.5 Å². The van der Waals surface area contributed by atoms with Crippen molar-refractivity contribution >= 4 is 16.7 Å². The third-order valence-electron chi connectivity index (χ3n) is 7.23. The SMILES string of the molecule is C[C@H]1CN(C(c2ccc(F)cc2)c2nc(C(C)(C)C)co2)CCN1c1cc(=O)n(C)c2ccc(C#N)nc12. The number of aryl methyl sites for hydroxylation is 1. The van der Waals surface area contributed by atoms with Crippen molar-refractivity contribution in [1.29, 1.82) is 5.26 Å². The standard InChI is InChI=1S/C29H31FN6O2/c1-18-16-35(27(19-6-8-20(30)9-7-19)28-33-24(17-38-28)29(2,3)4)12-13-36(18)23-14-25(37)34(5)22-11-10-21(15-31)32-26(22)23/h6-11,14,17-18,27H,12-13,16H2,1-5H3/t18-,27?/m0/s1. The zero-order chi connectivity index (χ0) is 27.2. The van der Waals surface area contributed by atoms with Crippen molar-refractivity contribution in [2.24, 2.45) is 7.05 Å². The second-order valence-corrected chi connectivity index (χ2v) is 10.9. The van der Waals surface area contributed by atoms with Crippen LogP contribution in [-0.4, -0.2) is 45.1 Å². The summed E-state index contributed by atoms with van der Waals surface area (Å²) in [6.45, 7) is 10.3. The van der Waals surface area contributed by atoms with Crippen molar-refractivity contribution in [3.8, 4) is 6.07 Å². The molecule has 4 aromatic rings. The molecular formula is C29H31FN6O2. The van der Waals surface area contributed by atoms with Gasteiger partial charge in [-0.3, -0.25) is 9.69 Å². The van der Waals surface area contributed by atoms with Crippen molar-refractivity contribution in [3.63, 3.8) is 0 Å². The van der Waals surface area contributed by atoms with E-state index in [-0.39, 0.29) is 28.9 Å². The number of hydrogen-bond acceptors (Lipinski definition) is 7. The molecule has 4 heterocycles. The summed E-state index contributed by atoms with van der Waals surface area (Å²) in [7, 11) is 1.71. The monoisotopic (exact) mass is 514 g/mol. The molecule has 1 fully saturated rings. The molecule has 0 radical (unpaired) electrons. The van der Waals surface area contributed by atoms with E-state index in [1.54, 1.807) is 48.2 Å². The Balaban J connectivity index is 1.51. The summed E-state index contributed by atoms with van der Waals surface area (Å²) in [5, 5.41) is 9.42. The summed E-state index contributed by atoms with van der Waals surface area (Å²) in [6, 6.07) is 13.3. The molecule has 0 N–H and O–H groups in total. The minimum absolute atomic E-state index is 0.00611. The highest BCUT2D eigenvalue weighted by Gasteiger charge is 2.34. The first-order chi connectivity index (χ1) is 18.1. The molecule has 2 atom stereocenters. The van der Waals surface area contributed by atoms with Crippen LogP contribution >= 0.6 is 0 Å². The van der Waals surface area contributed by atoms with Crippen LogP contribution in [0.25, 0.3) is 11.0 Å². The van der Waals surface area contributed by atoms with Gasteiger partial charge in [0.1, 0.15) is 35.4 Å². The quantitative estimate of drug-likeness (QED) is 0.395. The number of rotatable bonds is 4. The van der Waals surface area contributed by atoms with Gasteiger partial charge in [0.2, 0.25) is 5.89 Å². The van der Waals surface area contributed by atoms with Gasteiger partial charge in [0.05, 0.1) is 16.9 Å². The Morgan fingerprint density at radius 1 is 1.13 bits per heavy atom. The van der Waals surface area contributed by atoms with E-state index in [4.69, 9.17) is 9.40 Å². The lowest BCUT2D eigenvalue weighted by atomic mass is 9.93. The summed E-state index contributed by atoms with van der Waals surface area (Å²) in [5.41, 5.74) is 3.79. The number of halogens is 1. The summed E-state index contributed by atoms with van der Waals surface area (Å²) >= 11 is 0. The molecule has 0 spiro atoms. The van der Waals surface area contributed by atoms with E-state index in [0.29, 0.717) is 42.3 Å². The minimum atomic E-state index is -0.296. The third-order valence-corrected chi connectivity index (χ3v) is 7.23. The number of nitrogens with zero attached hydrogens (tertiary/aromatic N) is 6. The van der Waals surface area contributed by atoms with E-state index >= 15 is 0 Å². The largest absolute Gasteiger partial charge is 0.447 e. The number of benzene rings is 1. The van der Waals surface area contributed by atoms with E-state index < -0.39 is 0 Å². The van der Waals surface area contributed by atoms with Gasteiger partial charge in [0.25, 0.3) is 5.56 Å². The topological polar surface area (TPSA) is 91.2 Å². The van der Waals surface area contributed by atoms with E-state index in [0.717, 1.165) is 16.9 Å². The smallest absolute Gasteiger partial charge is 0.252 e. The fraction of sp³-hybridized carbons (Fsp3) is 0.379. The zero-order valence-electron chi connectivity index (χ0n) is 22.3. The Labute approximate surface area is 221 Å². The van der Waals surface area contributed by atoms with E-state index in [2.05, 4.69) is 48.5 Å². The van der Waals surface area contributed by atoms with Gasteiger partial charge in [-0.05, 0) is 36.8 Å². The summed E-state index contributed by atoms with van der Waals surface area (Å²) in [6.07, 6.45) is 1.70. The zero-order valence-corrected chi connectivity index (χ0v) is 22.3. The molecule has 5 rings (SSSR count). The second kappa shape index (κ2) is 9.69. The molecule has 0 saturated carbocycles. The lowest BCUT2D eigenvalue weighted by Gasteiger charge is -2.43. The lowest BCUT2D eigenvalue weighted by Crippen LogP contribution is -2.53. The van der Waals surface area contributed by atoms with Gasteiger partial charge in [0.15, 0.2) is 0 Å². The van der Waals surface area contributed by atoms with Gasteiger partial charge >= 0.3 is 0 Å². The Morgan fingerprint density at radius 3 is 2.50 bits per heavy atom. The molecular weight excluding hydrogens is 483 g/mol. The average Bonchev–Trinajstić information content (AvgIpc) is 3.38. The van der Waals surface area contributed by atoms with Gasteiger partial charge < -0.3 is 13.9 Å². The molecule has 1 saturated heterocycles. The van der Waals surface area contributed by atoms with E-state index in [1.807, 2.05) is 0 Å². The van der Waals surface area contributed by atoms with Crippen LogP contribution in [0.2, 0.25) is 0 Å². The Morgan fingerprint density at radius 2 is 1.87 bits per heavy atom. The Hall–Kier alpha value is -4.03. The van der Waals surface area contributed by atoms with Crippen molar-refractivity contribution in [1.82, 2.24) is 19.4 Å². The Kier molecular flexibility index (Phi) is 6.53. The maximum atomic E-state index is 13.8. The molecule has 1 aliphatic heterocycles. The van der Waals surface area contributed by atoms with Crippen molar-refractivity contribution < 1.29 is 8.81 Å². The van der Waals surface area contributed by atoms with Crippen molar-refractivity contribution in [3.05, 3.63) is 87.7 Å². The predicted molar refractivity (Wildman–Crippen MR) is 144 cm³/mol. The number of pyridine rings is 2. The molecule has 1 unspecified atom stereocenters. The minimum Gasteiger partial charge on any atom is -0.447 e. The normalized spacial score (nSPS) is 17.5. The van der Waals surface area contributed by atoms with Gasteiger partial charge in [0, 0.05) is 44.2 Å². The predicted octanol–water partition coefficient (Wildman–Crippen LogP) is 4.53. The molecule has 196 valence electrons. The first-order valence-electron chi connectivity index (χ1n) is 12.7. The molecule has 38 heavy (non-hydrogen) atoms. The van der Waals surface area contributed by atoms with Crippen LogP contribution in [0, 0.1) is 17.1 Å². The molecule has 0 amide bonds. The maximum absolute atomic E-state index is 13.8. The van der Waals surface area contributed by atoms with Crippen LogP contribution in [0.5, 0.6) is 0 Å². The summed E-state index contributed by atoms with van der Waals surface area (Å²) in [5.74, 6) is 0.275. The molecule has 1 aliphatic rings. The Bertz CT molecular complexity index is 1580. The van der Waals surface area contributed by atoms with Crippen molar-refractivity contribution in [2.45, 2.75) is 45.2 Å². The number of aromatic nitrogens is 3.